The highest BCUT2D eigenvalue weighted by molar-refractivity contribution is 7.91. The summed E-state index contributed by atoms with van der Waals surface area (Å²) in [6.07, 6.45) is 0. The lowest BCUT2D eigenvalue weighted by molar-refractivity contribution is -0.385. The number of hydrogen-bond donors (Lipinski definition) is 0. The van der Waals surface area contributed by atoms with Gasteiger partial charge in [-0.25, -0.2) is 13.2 Å². The van der Waals surface area contributed by atoms with Crippen molar-refractivity contribution in [2.75, 3.05) is 0 Å². The fraction of sp³-hybridized carbons (Fsp3) is 0. The average molecular weight is 428 g/mol. The van der Waals surface area contributed by atoms with Gasteiger partial charge in [0.2, 0.25) is 9.84 Å². The summed E-state index contributed by atoms with van der Waals surface area (Å²) in [5.41, 5.74) is -0.732. The molecule has 0 bridgehead atoms. The van der Waals surface area contributed by atoms with Crippen LogP contribution in [0.2, 0.25) is 0 Å². The topological polar surface area (TPSA) is 147 Å². The van der Waals surface area contributed by atoms with Gasteiger partial charge in [-0.05, 0) is 36.4 Å². The maximum atomic E-state index is 13.0. The van der Waals surface area contributed by atoms with Crippen LogP contribution in [0.15, 0.2) is 82.6 Å². The van der Waals surface area contributed by atoms with E-state index in [1.807, 2.05) is 0 Å². The number of nitro groups is 2. The van der Waals surface area contributed by atoms with Crippen molar-refractivity contribution in [1.29, 1.82) is 0 Å². The number of non-ortho nitro benzene ring substituents is 2. The molecule has 0 amide bonds. The van der Waals surface area contributed by atoms with Crippen LogP contribution in [0.3, 0.4) is 0 Å². The largest absolute Gasteiger partial charge is 0.423 e. The van der Waals surface area contributed by atoms with Gasteiger partial charge in [-0.1, -0.05) is 12.1 Å². The van der Waals surface area contributed by atoms with E-state index in [9.17, 15) is 33.4 Å². The Kier molecular flexibility index (Phi) is 5.56. The van der Waals surface area contributed by atoms with Crippen molar-refractivity contribution in [2.45, 2.75) is 9.79 Å². The number of nitrogens with zero attached hydrogens (tertiary/aromatic N) is 2. The average Bonchev–Trinajstić information content (AvgIpc) is 2.74. The van der Waals surface area contributed by atoms with Gasteiger partial charge in [0.1, 0.15) is 5.75 Å². The second kappa shape index (κ2) is 8.09. The van der Waals surface area contributed by atoms with E-state index < -0.39 is 25.7 Å². The summed E-state index contributed by atoms with van der Waals surface area (Å²) < 4.78 is 31.1. The number of esters is 1. The van der Waals surface area contributed by atoms with Crippen molar-refractivity contribution in [3.8, 4) is 5.75 Å². The molecule has 0 fully saturated rings. The second-order valence-electron chi connectivity index (χ2n) is 5.89. The monoisotopic (exact) mass is 428 g/mol. The highest BCUT2D eigenvalue weighted by Gasteiger charge is 2.26. The first-order chi connectivity index (χ1) is 14.2. The molecule has 10 nitrogen and oxygen atoms in total. The van der Waals surface area contributed by atoms with Crippen LogP contribution in [-0.4, -0.2) is 24.2 Å². The number of sulfone groups is 1. The molecule has 3 rings (SSSR count). The van der Waals surface area contributed by atoms with Crippen LogP contribution in [0.4, 0.5) is 11.4 Å². The molecular formula is C19H12N2O8S. The van der Waals surface area contributed by atoms with Crippen molar-refractivity contribution >= 4 is 27.2 Å². The predicted molar refractivity (Wildman–Crippen MR) is 103 cm³/mol. The Hall–Kier alpha value is -4.12. The smallest absolute Gasteiger partial charge is 0.344 e. The lowest BCUT2D eigenvalue weighted by Gasteiger charge is -2.10. The van der Waals surface area contributed by atoms with Gasteiger partial charge in [0, 0.05) is 24.3 Å². The van der Waals surface area contributed by atoms with Crippen molar-refractivity contribution in [3.63, 3.8) is 0 Å². The Labute approximate surface area is 169 Å². The molecule has 0 aliphatic heterocycles. The van der Waals surface area contributed by atoms with Crippen LogP contribution < -0.4 is 4.74 Å². The maximum Gasteiger partial charge on any atom is 0.344 e. The Morgan fingerprint density at radius 1 is 0.767 bits per heavy atom. The number of ether oxygens (including phenoxy) is 1. The predicted octanol–water partition coefficient (Wildman–Crippen LogP) is 3.56. The third-order valence-corrected chi connectivity index (χ3v) is 5.84. The molecule has 3 aromatic carbocycles. The Morgan fingerprint density at radius 2 is 1.27 bits per heavy atom. The molecule has 0 saturated heterocycles. The van der Waals surface area contributed by atoms with Crippen LogP contribution in [0.1, 0.15) is 10.4 Å². The number of benzene rings is 3. The zero-order valence-electron chi connectivity index (χ0n) is 15.0. The van der Waals surface area contributed by atoms with Crippen molar-refractivity contribution in [2.24, 2.45) is 0 Å². The molecule has 30 heavy (non-hydrogen) atoms. The first-order valence-corrected chi connectivity index (χ1v) is 9.73. The van der Waals surface area contributed by atoms with E-state index in [1.54, 1.807) is 0 Å². The minimum Gasteiger partial charge on any atom is -0.423 e. The quantitative estimate of drug-likeness (QED) is 0.251. The third-order valence-electron chi connectivity index (χ3n) is 4.01. The maximum absolute atomic E-state index is 13.0. The Bertz CT molecular complexity index is 1240. The Morgan fingerprint density at radius 3 is 1.80 bits per heavy atom. The molecule has 0 spiro atoms. The van der Waals surface area contributed by atoms with E-state index in [2.05, 4.69) is 0 Å². The highest BCUT2D eigenvalue weighted by atomic mass is 32.2. The van der Waals surface area contributed by atoms with Gasteiger partial charge in [0.15, 0.2) is 0 Å². The fourth-order valence-corrected chi connectivity index (χ4v) is 3.99. The fourth-order valence-electron chi connectivity index (χ4n) is 2.54. The van der Waals surface area contributed by atoms with Gasteiger partial charge in [0.05, 0.1) is 25.2 Å². The van der Waals surface area contributed by atoms with Gasteiger partial charge in [0.25, 0.3) is 11.4 Å². The molecule has 152 valence electrons. The molecule has 0 aliphatic carbocycles. The molecule has 0 saturated carbocycles. The van der Waals surface area contributed by atoms with Crippen LogP contribution in [0, 0.1) is 20.2 Å². The van der Waals surface area contributed by atoms with E-state index in [4.69, 9.17) is 4.74 Å². The molecule has 0 aliphatic rings. The van der Waals surface area contributed by atoms with Gasteiger partial charge >= 0.3 is 5.97 Å². The summed E-state index contributed by atoms with van der Waals surface area (Å²) in [6.45, 7) is 0. The van der Waals surface area contributed by atoms with E-state index in [1.165, 1.54) is 36.4 Å². The molecule has 0 heterocycles. The zero-order chi connectivity index (χ0) is 21.9. The van der Waals surface area contributed by atoms with Crippen molar-refractivity contribution < 1.29 is 27.8 Å². The highest BCUT2D eigenvalue weighted by Crippen LogP contribution is 2.27. The van der Waals surface area contributed by atoms with Gasteiger partial charge in [-0.15, -0.1) is 0 Å². The molecular weight excluding hydrogens is 416 g/mol. The second-order valence-corrected chi connectivity index (χ2v) is 7.81. The molecule has 0 aromatic heterocycles. The summed E-state index contributed by atoms with van der Waals surface area (Å²) in [5, 5.41) is 21.5. The van der Waals surface area contributed by atoms with Gasteiger partial charge in [-0.2, -0.15) is 0 Å². The van der Waals surface area contributed by atoms with Crippen LogP contribution in [0.25, 0.3) is 0 Å². The van der Waals surface area contributed by atoms with E-state index in [-0.39, 0.29) is 32.5 Å². The molecule has 0 radical (unpaired) electrons. The number of carbonyl (C=O) groups is 1. The van der Waals surface area contributed by atoms with Gasteiger partial charge < -0.3 is 4.74 Å². The summed E-state index contributed by atoms with van der Waals surface area (Å²) in [6, 6.07) is 14.3. The summed E-state index contributed by atoms with van der Waals surface area (Å²) in [7, 11) is -4.18. The lowest BCUT2D eigenvalue weighted by atomic mass is 10.2. The molecule has 0 unspecified atom stereocenters. The zero-order valence-corrected chi connectivity index (χ0v) is 15.8. The van der Waals surface area contributed by atoms with Crippen LogP contribution in [-0.2, 0) is 9.84 Å². The van der Waals surface area contributed by atoms with Gasteiger partial charge in [-0.3, -0.25) is 20.2 Å². The van der Waals surface area contributed by atoms with Crippen molar-refractivity contribution in [3.05, 3.63) is 98.6 Å². The first kappa shape index (κ1) is 20.6. The number of hydrogen-bond acceptors (Lipinski definition) is 8. The minimum absolute atomic E-state index is 0.00635. The number of rotatable bonds is 6. The number of nitro benzene ring substituents is 2. The summed E-state index contributed by atoms with van der Waals surface area (Å²) in [5.74, 6) is -0.988. The molecule has 0 N–H and O–H groups in total. The SMILES string of the molecule is O=C(Oc1ccc([N+](=O)[O-])cc1)c1ccccc1S(=O)(=O)c1ccc([N+](=O)[O-])cc1. The van der Waals surface area contributed by atoms with Crippen molar-refractivity contribution in [1.82, 2.24) is 0 Å². The molecule has 11 heteroatoms. The standard InChI is InChI=1S/C19H12N2O8S/c22-19(29-15-9-5-13(6-10-15)20(23)24)17-3-1-2-4-18(17)30(27,28)16-11-7-14(8-12-16)21(25)26/h1-12H. The molecule has 3 aromatic rings. The Balaban J connectivity index is 1.93. The van der Waals surface area contributed by atoms with Crippen LogP contribution >= 0.6 is 0 Å². The van der Waals surface area contributed by atoms with E-state index in [0.717, 1.165) is 36.4 Å². The summed E-state index contributed by atoms with van der Waals surface area (Å²) >= 11 is 0. The van der Waals surface area contributed by atoms with E-state index >= 15 is 0 Å². The normalized spacial score (nSPS) is 10.9. The van der Waals surface area contributed by atoms with E-state index in [0.29, 0.717) is 0 Å². The lowest BCUT2D eigenvalue weighted by Crippen LogP contribution is -2.14. The minimum atomic E-state index is -4.18. The molecule has 0 atom stereocenters. The third kappa shape index (κ3) is 4.15. The number of carbonyl (C=O) groups excluding carboxylic acids is 1. The van der Waals surface area contributed by atoms with Crippen LogP contribution in [0.5, 0.6) is 5.75 Å². The summed E-state index contributed by atoms with van der Waals surface area (Å²) in [4.78, 5) is 32.2. The first-order valence-electron chi connectivity index (χ1n) is 8.25.